The van der Waals surface area contributed by atoms with Gasteiger partial charge in [0, 0.05) is 38.4 Å². The van der Waals surface area contributed by atoms with Gasteiger partial charge in [-0.3, -0.25) is 4.79 Å². The van der Waals surface area contributed by atoms with Gasteiger partial charge in [0.15, 0.2) is 0 Å². The Morgan fingerprint density at radius 2 is 1.73 bits per heavy atom. The number of thioether (sulfide) groups is 1. The summed E-state index contributed by atoms with van der Waals surface area (Å²) >= 11 is 1.30. The number of carbonyl (C=O) groups is 2. The topological polar surface area (TPSA) is 78.9 Å². The minimum atomic E-state index is -0.969. The number of hydrogen-bond acceptors (Lipinski definition) is 6. The largest absolute Gasteiger partial charge is 0.511 e. The van der Waals surface area contributed by atoms with Crippen molar-refractivity contribution < 1.29 is 19.4 Å². The van der Waals surface area contributed by atoms with Crippen molar-refractivity contribution >= 4 is 23.6 Å². The summed E-state index contributed by atoms with van der Waals surface area (Å²) < 4.78 is 6.05. The number of carbonyl (C=O) groups excluding carboxylic acids is 2. The second-order valence-electron chi connectivity index (χ2n) is 8.46. The lowest BCUT2D eigenvalue weighted by atomic mass is 9.83. The lowest BCUT2D eigenvalue weighted by Crippen LogP contribution is -2.46. The van der Waals surface area contributed by atoms with Crippen LogP contribution in [0.4, 0.5) is 0 Å². The molecule has 1 amide bonds. The molecule has 2 aliphatic rings. The van der Waals surface area contributed by atoms with Crippen molar-refractivity contribution in [3.05, 3.63) is 82.5 Å². The predicted molar refractivity (Wildman–Crippen MR) is 130 cm³/mol. The molecule has 2 aromatic carbocycles. The maximum Gasteiger partial charge on any atom is 0.348 e. The SMILES string of the molecule is O=C1OC(CCCC(=O)N2CCNCC2)(c2ccccc2)CC(O)=C1SCc1ccccc1. The molecular weight excluding hydrogens is 436 g/mol. The molecule has 1 fully saturated rings. The molecular formula is C26H30N2O4S. The Kier molecular flexibility index (Phi) is 7.73. The minimum Gasteiger partial charge on any atom is -0.511 e. The van der Waals surface area contributed by atoms with Gasteiger partial charge in [-0.1, -0.05) is 60.7 Å². The minimum absolute atomic E-state index is 0.0597. The number of nitrogens with one attached hydrogen (secondary N) is 1. The Balaban J connectivity index is 1.47. The molecule has 2 heterocycles. The number of aliphatic hydroxyl groups is 1. The van der Waals surface area contributed by atoms with Crippen LogP contribution in [0, 0.1) is 0 Å². The molecule has 2 aromatic rings. The van der Waals surface area contributed by atoms with Crippen molar-refractivity contribution in [1.82, 2.24) is 10.2 Å². The van der Waals surface area contributed by atoms with Gasteiger partial charge in [-0.15, -0.1) is 11.8 Å². The van der Waals surface area contributed by atoms with E-state index in [1.807, 2.05) is 65.6 Å². The van der Waals surface area contributed by atoms with E-state index in [4.69, 9.17) is 4.74 Å². The van der Waals surface area contributed by atoms with Gasteiger partial charge in [0.05, 0.1) is 6.42 Å². The number of benzene rings is 2. The molecule has 1 unspecified atom stereocenters. The fourth-order valence-corrected chi connectivity index (χ4v) is 5.29. The summed E-state index contributed by atoms with van der Waals surface area (Å²) in [6.45, 7) is 3.09. The summed E-state index contributed by atoms with van der Waals surface area (Å²) in [5, 5.41) is 14.2. The van der Waals surface area contributed by atoms with Crippen molar-refractivity contribution in [1.29, 1.82) is 0 Å². The molecule has 0 saturated carbocycles. The van der Waals surface area contributed by atoms with Crippen LogP contribution in [-0.4, -0.2) is 48.1 Å². The summed E-state index contributed by atoms with van der Waals surface area (Å²) in [4.78, 5) is 27.8. The molecule has 1 atom stereocenters. The van der Waals surface area contributed by atoms with E-state index in [2.05, 4.69) is 5.32 Å². The number of nitrogens with zero attached hydrogens (tertiary/aromatic N) is 1. The molecule has 0 aliphatic carbocycles. The van der Waals surface area contributed by atoms with E-state index < -0.39 is 11.6 Å². The van der Waals surface area contributed by atoms with Gasteiger partial charge in [0.1, 0.15) is 16.3 Å². The Morgan fingerprint density at radius 3 is 2.39 bits per heavy atom. The summed E-state index contributed by atoms with van der Waals surface area (Å²) in [5.41, 5.74) is 0.941. The maximum atomic E-state index is 13.0. The van der Waals surface area contributed by atoms with E-state index in [-0.39, 0.29) is 23.0 Å². The van der Waals surface area contributed by atoms with Crippen molar-refractivity contribution in [3.8, 4) is 0 Å². The first-order valence-corrected chi connectivity index (χ1v) is 12.4. The zero-order chi connectivity index (χ0) is 23.1. The normalized spacial score (nSPS) is 21.1. The quantitative estimate of drug-likeness (QED) is 0.570. The standard InChI is InChI=1S/C26H30N2O4S/c29-22-18-26(21-10-5-2-6-11-21,13-7-12-23(30)28-16-14-27-15-17-28)32-25(31)24(22)33-19-20-8-3-1-4-9-20/h1-6,8-11,27,29H,7,12-19H2. The summed E-state index contributed by atoms with van der Waals surface area (Å²) in [6, 6.07) is 19.4. The van der Waals surface area contributed by atoms with E-state index in [1.54, 1.807) is 0 Å². The first-order valence-electron chi connectivity index (χ1n) is 11.4. The Hall–Kier alpha value is -2.77. The molecule has 0 spiro atoms. The Morgan fingerprint density at radius 1 is 1.06 bits per heavy atom. The van der Waals surface area contributed by atoms with E-state index in [9.17, 15) is 14.7 Å². The molecule has 6 nitrogen and oxygen atoms in total. The third-order valence-corrected chi connectivity index (χ3v) is 7.32. The van der Waals surface area contributed by atoms with Crippen molar-refractivity contribution in [2.45, 2.75) is 37.0 Å². The van der Waals surface area contributed by atoms with E-state index in [0.29, 0.717) is 25.0 Å². The maximum absolute atomic E-state index is 13.0. The number of piperazine rings is 1. The van der Waals surface area contributed by atoms with Crippen LogP contribution in [0.1, 0.15) is 36.8 Å². The molecule has 0 aromatic heterocycles. The van der Waals surface area contributed by atoms with Gasteiger partial charge in [-0.05, 0) is 24.0 Å². The fourth-order valence-electron chi connectivity index (χ4n) is 4.38. The molecule has 4 rings (SSSR count). The van der Waals surface area contributed by atoms with Gasteiger partial charge < -0.3 is 20.1 Å². The molecule has 1 saturated heterocycles. The van der Waals surface area contributed by atoms with Crippen LogP contribution in [-0.2, 0) is 25.7 Å². The highest BCUT2D eigenvalue weighted by atomic mass is 32.2. The van der Waals surface area contributed by atoms with Crippen molar-refractivity contribution in [2.75, 3.05) is 26.2 Å². The number of esters is 1. The molecule has 0 radical (unpaired) electrons. The van der Waals surface area contributed by atoms with Crippen LogP contribution in [0.5, 0.6) is 0 Å². The average Bonchev–Trinajstić information content (AvgIpc) is 2.85. The van der Waals surface area contributed by atoms with E-state index in [0.717, 1.165) is 37.3 Å². The lowest BCUT2D eigenvalue weighted by molar-refractivity contribution is -0.160. The third kappa shape index (κ3) is 5.78. The zero-order valence-corrected chi connectivity index (χ0v) is 19.5. The summed E-state index contributed by atoms with van der Waals surface area (Å²) in [7, 11) is 0. The lowest BCUT2D eigenvalue weighted by Gasteiger charge is -2.37. The van der Waals surface area contributed by atoms with Crippen molar-refractivity contribution in [2.24, 2.45) is 0 Å². The van der Waals surface area contributed by atoms with Crippen LogP contribution in [0.2, 0.25) is 0 Å². The molecule has 33 heavy (non-hydrogen) atoms. The van der Waals surface area contributed by atoms with Gasteiger partial charge in [0.25, 0.3) is 0 Å². The zero-order valence-electron chi connectivity index (χ0n) is 18.7. The Bertz CT molecular complexity index is 990. The fraction of sp³-hybridized carbons (Fsp3) is 0.385. The van der Waals surface area contributed by atoms with Gasteiger partial charge >= 0.3 is 5.97 Å². The number of hydrogen-bond donors (Lipinski definition) is 2. The molecule has 0 bridgehead atoms. The highest BCUT2D eigenvalue weighted by Crippen LogP contribution is 2.44. The smallest absolute Gasteiger partial charge is 0.348 e. The molecule has 174 valence electrons. The van der Waals surface area contributed by atoms with E-state index in [1.165, 1.54) is 11.8 Å². The number of rotatable bonds is 8. The highest BCUT2D eigenvalue weighted by molar-refractivity contribution is 8.03. The van der Waals surface area contributed by atoms with Gasteiger partial charge in [-0.25, -0.2) is 4.79 Å². The van der Waals surface area contributed by atoms with Crippen LogP contribution < -0.4 is 5.32 Å². The first-order chi connectivity index (χ1) is 16.1. The first kappa shape index (κ1) is 23.4. The summed E-state index contributed by atoms with van der Waals surface area (Å²) in [5.74, 6) is 0.259. The van der Waals surface area contributed by atoms with Crippen molar-refractivity contribution in [3.63, 3.8) is 0 Å². The Labute approximate surface area is 199 Å². The number of aliphatic hydroxyl groups excluding tert-OH is 1. The third-order valence-electron chi connectivity index (χ3n) is 6.16. The average molecular weight is 467 g/mol. The van der Waals surface area contributed by atoms with Crippen LogP contribution >= 0.6 is 11.8 Å². The van der Waals surface area contributed by atoms with Gasteiger partial charge in [-0.2, -0.15) is 0 Å². The molecule has 2 N–H and O–H groups in total. The summed E-state index contributed by atoms with van der Waals surface area (Å²) in [6.07, 6.45) is 1.65. The molecule has 2 aliphatic heterocycles. The second-order valence-corrected chi connectivity index (χ2v) is 9.45. The van der Waals surface area contributed by atoms with Crippen LogP contribution in [0.3, 0.4) is 0 Å². The predicted octanol–water partition coefficient (Wildman–Crippen LogP) is 4.13. The number of amides is 1. The number of cyclic esters (lactones) is 1. The monoisotopic (exact) mass is 466 g/mol. The van der Waals surface area contributed by atoms with Crippen LogP contribution in [0.25, 0.3) is 0 Å². The van der Waals surface area contributed by atoms with E-state index >= 15 is 0 Å². The number of ether oxygens (including phenoxy) is 1. The van der Waals surface area contributed by atoms with Gasteiger partial charge in [0.2, 0.25) is 5.91 Å². The second kappa shape index (κ2) is 10.9. The highest BCUT2D eigenvalue weighted by Gasteiger charge is 2.43. The van der Waals surface area contributed by atoms with Crippen LogP contribution in [0.15, 0.2) is 71.3 Å². The molecule has 7 heteroatoms.